The number of nitrogens with zero attached hydrogens (tertiary/aromatic N) is 3. The summed E-state index contributed by atoms with van der Waals surface area (Å²) in [7, 11) is 5.32. The molecule has 4 aromatic rings. The van der Waals surface area contributed by atoms with E-state index in [0.29, 0.717) is 62.2 Å². The Labute approximate surface area is 219 Å². The molecule has 1 aliphatic rings. The van der Waals surface area contributed by atoms with E-state index in [-0.39, 0.29) is 11.9 Å². The van der Waals surface area contributed by atoms with E-state index in [1.165, 1.54) is 0 Å². The summed E-state index contributed by atoms with van der Waals surface area (Å²) in [5, 5.41) is 4.63. The van der Waals surface area contributed by atoms with E-state index < -0.39 is 0 Å². The third kappa shape index (κ3) is 4.18. The number of carbonyl (C=O) groups excluding carboxylic acids is 1. The van der Waals surface area contributed by atoms with E-state index in [4.69, 9.17) is 32.7 Å². The third-order valence-corrected chi connectivity index (χ3v) is 7.03. The maximum absolute atomic E-state index is 13.6. The normalized spacial score (nSPS) is 14.6. The molecule has 184 valence electrons. The molecule has 3 heterocycles. The number of hydrogen-bond donors (Lipinski definition) is 1. The molecule has 0 aliphatic carbocycles. The lowest BCUT2D eigenvalue weighted by Gasteiger charge is -2.27. The summed E-state index contributed by atoms with van der Waals surface area (Å²) in [6.45, 7) is 0.529. The minimum atomic E-state index is -0.240. The topological polar surface area (TPSA) is 76.6 Å². The molecule has 1 atom stereocenters. The summed E-state index contributed by atoms with van der Waals surface area (Å²) in [5.74, 6) is 1.04. The second-order valence-corrected chi connectivity index (χ2v) is 9.40. The number of aromatic nitrogens is 2. The maximum Gasteiger partial charge on any atom is 0.255 e. The lowest BCUT2D eigenvalue weighted by atomic mass is 9.99. The average Bonchev–Trinajstić information content (AvgIpc) is 2.89. The number of carbonyl (C=O) groups is 1. The molecular weight excluding hydrogens is 499 g/mol. The number of pyridine rings is 2. The standard InChI is InChI=1S/C27H24Cl2N4O3/c1-33(2)26-17(27(34)32-19-11-12-36-20-10-5-4-7-15(19)20)13-30-25-22(26)21(35-3)14-31-24(25)16-8-6-9-18(28)23(16)29/h4-10,13-14,19H,11-12H2,1-3H3,(H,32,34)/t19-/m0/s1. The molecular formula is C27H24Cl2N4O3. The second-order valence-electron chi connectivity index (χ2n) is 8.62. The summed E-state index contributed by atoms with van der Waals surface area (Å²) in [4.78, 5) is 24.8. The molecule has 0 unspecified atom stereocenters. The molecule has 36 heavy (non-hydrogen) atoms. The van der Waals surface area contributed by atoms with Crippen LogP contribution in [0.25, 0.3) is 22.2 Å². The molecule has 0 saturated carbocycles. The number of rotatable bonds is 5. The molecule has 2 aromatic heterocycles. The van der Waals surface area contributed by atoms with Crippen LogP contribution in [-0.4, -0.2) is 43.7 Å². The van der Waals surface area contributed by atoms with Crippen LogP contribution in [-0.2, 0) is 0 Å². The fourth-order valence-corrected chi connectivity index (χ4v) is 4.95. The number of amides is 1. The number of para-hydroxylation sites is 1. The van der Waals surface area contributed by atoms with Crippen LogP contribution in [0, 0.1) is 0 Å². The lowest BCUT2D eigenvalue weighted by Crippen LogP contribution is -2.33. The van der Waals surface area contributed by atoms with Gasteiger partial charge in [-0.25, -0.2) is 0 Å². The zero-order valence-electron chi connectivity index (χ0n) is 20.0. The largest absolute Gasteiger partial charge is 0.494 e. The second kappa shape index (κ2) is 9.84. The Morgan fingerprint density at radius 2 is 1.92 bits per heavy atom. The Balaban J connectivity index is 1.65. The highest BCUT2D eigenvalue weighted by Gasteiger charge is 2.27. The van der Waals surface area contributed by atoms with Crippen molar-refractivity contribution in [2.45, 2.75) is 12.5 Å². The van der Waals surface area contributed by atoms with Crippen molar-refractivity contribution < 1.29 is 14.3 Å². The highest BCUT2D eigenvalue weighted by Crippen LogP contribution is 2.42. The van der Waals surface area contributed by atoms with Crippen LogP contribution >= 0.6 is 23.2 Å². The van der Waals surface area contributed by atoms with Crippen molar-refractivity contribution in [3.05, 3.63) is 76.0 Å². The minimum Gasteiger partial charge on any atom is -0.494 e. The number of methoxy groups -OCH3 is 1. The van der Waals surface area contributed by atoms with Crippen molar-refractivity contribution in [1.82, 2.24) is 15.3 Å². The van der Waals surface area contributed by atoms with Gasteiger partial charge in [-0.05, 0) is 12.1 Å². The predicted molar refractivity (Wildman–Crippen MR) is 143 cm³/mol. The lowest BCUT2D eigenvalue weighted by molar-refractivity contribution is 0.0925. The van der Waals surface area contributed by atoms with E-state index in [0.717, 1.165) is 11.3 Å². The van der Waals surface area contributed by atoms with Gasteiger partial charge in [0.15, 0.2) is 0 Å². The summed E-state index contributed by atoms with van der Waals surface area (Å²) < 4.78 is 11.4. The molecule has 1 aliphatic heterocycles. The number of ether oxygens (including phenoxy) is 2. The van der Waals surface area contributed by atoms with Crippen LogP contribution in [0.1, 0.15) is 28.4 Å². The smallest absolute Gasteiger partial charge is 0.255 e. The Hall–Kier alpha value is -3.55. The first-order chi connectivity index (χ1) is 17.4. The number of benzene rings is 2. The molecule has 0 fully saturated rings. The van der Waals surface area contributed by atoms with Crippen molar-refractivity contribution in [2.24, 2.45) is 0 Å². The van der Waals surface area contributed by atoms with Crippen molar-refractivity contribution >= 4 is 45.7 Å². The van der Waals surface area contributed by atoms with E-state index in [1.807, 2.05) is 55.4 Å². The third-order valence-electron chi connectivity index (χ3n) is 6.22. The van der Waals surface area contributed by atoms with Gasteiger partial charge in [0.1, 0.15) is 17.0 Å². The van der Waals surface area contributed by atoms with Gasteiger partial charge in [-0.1, -0.05) is 53.5 Å². The first-order valence-electron chi connectivity index (χ1n) is 11.4. The zero-order chi connectivity index (χ0) is 25.4. The Bertz CT molecular complexity index is 1480. The van der Waals surface area contributed by atoms with Gasteiger partial charge < -0.3 is 19.7 Å². The van der Waals surface area contributed by atoms with Gasteiger partial charge in [-0.15, -0.1) is 0 Å². The number of halogens is 2. The first-order valence-corrected chi connectivity index (χ1v) is 12.2. The number of fused-ring (bicyclic) bond motifs is 2. The average molecular weight is 523 g/mol. The fraction of sp³-hybridized carbons (Fsp3) is 0.222. The van der Waals surface area contributed by atoms with Gasteiger partial charge >= 0.3 is 0 Å². The van der Waals surface area contributed by atoms with E-state index in [2.05, 4.69) is 15.3 Å². The first kappa shape index (κ1) is 24.2. The van der Waals surface area contributed by atoms with Crippen molar-refractivity contribution in [1.29, 1.82) is 0 Å². The van der Waals surface area contributed by atoms with Crippen LogP contribution in [0.5, 0.6) is 11.5 Å². The molecule has 1 N–H and O–H groups in total. The number of hydrogen-bond acceptors (Lipinski definition) is 6. The van der Waals surface area contributed by atoms with Gasteiger partial charge in [-0.3, -0.25) is 14.8 Å². The van der Waals surface area contributed by atoms with Crippen molar-refractivity contribution in [2.75, 3.05) is 32.7 Å². The van der Waals surface area contributed by atoms with Gasteiger partial charge in [0.25, 0.3) is 5.91 Å². The highest BCUT2D eigenvalue weighted by molar-refractivity contribution is 6.43. The minimum absolute atomic E-state index is 0.173. The van der Waals surface area contributed by atoms with Crippen LogP contribution in [0.2, 0.25) is 10.0 Å². The number of nitrogens with one attached hydrogen (secondary N) is 1. The summed E-state index contributed by atoms with van der Waals surface area (Å²) in [6, 6.07) is 12.9. The molecule has 2 aromatic carbocycles. The summed E-state index contributed by atoms with van der Waals surface area (Å²) >= 11 is 12.8. The molecule has 0 bridgehead atoms. The van der Waals surface area contributed by atoms with Crippen LogP contribution in [0.3, 0.4) is 0 Å². The summed E-state index contributed by atoms with van der Waals surface area (Å²) in [6.07, 6.45) is 3.85. The highest BCUT2D eigenvalue weighted by atomic mass is 35.5. The van der Waals surface area contributed by atoms with Gasteiger partial charge in [0.2, 0.25) is 0 Å². The summed E-state index contributed by atoms with van der Waals surface area (Å²) in [5.41, 5.74) is 3.78. The van der Waals surface area contributed by atoms with E-state index >= 15 is 0 Å². The van der Waals surface area contributed by atoms with E-state index in [1.54, 1.807) is 25.6 Å². The van der Waals surface area contributed by atoms with Gasteiger partial charge in [0.05, 0.1) is 58.3 Å². The maximum atomic E-state index is 13.6. The SMILES string of the molecule is COc1cnc(-c2cccc(Cl)c2Cl)c2ncc(C(=O)N[C@H]3CCOc4ccccc43)c(N(C)C)c12. The van der Waals surface area contributed by atoms with Gasteiger partial charge in [0, 0.05) is 37.8 Å². The predicted octanol–water partition coefficient (Wildman–Crippen LogP) is 5.93. The molecule has 7 nitrogen and oxygen atoms in total. The van der Waals surface area contributed by atoms with Crippen LogP contribution in [0.4, 0.5) is 5.69 Å². The van der Waals surface area contributed by atoms with Crippen LogP contribution < -0.4 is 19.7 Å². The molecule has 0 radical (unpaired) electrons. The quantitative estimate of drug-likeness (QED) is 0.350. The number of anilines is 1. The Kier molecular flexibility index (Phi) is 6.60. The van der Waals surface area contributed by atoms with Crippen molar-refractivity contribution in [3.63, 3.8) is 0 Å². The Morgan fingerprint density at radius 1 is 1.11 bits per heavy atom. The molecule has 9 heteroatoms. The fourth-order valence-electron chi connectivity index (χ4n) is 4.56. The molecule has 0 saturated heterocycles. The van der Waals surface area contributed by atoms with Crippen LogP contribution in [0.15, 0.2) is 54.9 Å². The molecule has 5 rings (SSSR count). The molecule has 1 amide bonds. The molecule has 0 spiro atoms. The van der Waals surface area contributed by atoms with Crippen molar-refractivity contribution in [3.8, 4) is 22.8 Å². The monoisotopic (exact) mass is 522 g/mol. The van der Waals surface area contributed by atoms with Gasteiger partial charge in [-0.2, -0.15) is 0 Å². The zero-order valence-corrected chi connectivity index (χ0v) is 21.5. The Morgan fingerprint density at radius 3 is 2.69 bits per heavy atom. The van der Waals surface area contributed by atoms with E-state index in [9.17, 15) is 4.79 Å².